The Morgan fingerprint density at radius 2 is 1.88 bits per heavy atom. The Labute approximate surface area is 194 Å². The first-order valence-electron chi connectivity index (χ1n) is 10.6. The number of sulfonamides is 1. The summed E-state index contributed by atoms with van der Waals surface area (Å²) in [6.07, 6.45) is -2.03. The number of hydrogen-bond donors (Lipinski definition) is 2. The second-order valence-electron chi connectivity index (χ2n) is 8.05. The molecule has 2 aromatic carbocycles. The van der Waals surface area contributed by atoms with E-state index in [0.717, 1.165) is 12.1 Å². The molecule has 180 valence electrons. The van der Waals surface area contributed by atoms with Crippen LogP contribution in [-0.2, 0) is 34.0 Å². The Morgan fingerprint density at radius 3 is 2.56 bits per heavy atom. The monoisotopic (exact) mass is 493 g/mol. The molecule has 1 aliphatic rings. The minimum Gasteiger partial charge on any atom is -0.481 e. The minimum atomic E-state index is -4.88. The van der Waals surface area contributed by atoms with Gasteiger partial charge in [-0.15, -0.1) is 0 Å². The molecule has 2 N–H and O–H groups in total. The number of fused-ring (bicyclic) bond motifs is 1. The molecule has 34 heavy (non-hydrogen) atoms. The van der Waals surface area contributed by atoms with Gasteiger partial charge in [0.25, 0.3) is 0 Å². The van der Waals surface area contributed by atoms with Gasteiger partial charge in [-0.3, -0.25) is 9.48 Å². The molecule has 0 saturated heterocycles. The number of benzene rings is 2. The highest BCUT2D eigenvalue weighted by molar-refractivity contribution is 7.89. The highest BCUT2D eigenvalue weighted by Gasteiger charge is 2.39. The number of rotatable bonds is 7. The average molecular weight is 494 g/mol. The topological polar surface area (TPSA) is 101 Å². The maximum absolute atomic E-state index is 13.9. The van der Waals surface area contributed by atoms with Gasteiger partial charge in [-0.1, -0.05) is 36.4 Å². The van der Waals surface area contributed by atoms with Crippen molar-refractivity contribution in [3.8, 4) is 11.1 Å². The van der Waals surface area contributed by atoms with Gasteiger partial charge >= 0.3 is 12.1 Å². The number of halogens is 3. The molecule has 0 fully saturated rings. The van der Waals surface area contributed by atoms with E-state index in [1.54, 1.807) is 30.3 Å². The molecule has 4 rings (SSSR count). The largest absolute Gasteiger partial charge is 0.481 e. The predicted octanol–water partition coefficient (Wildman–Crippen LogP) is 4.40. The summed E-state index contributed by atoms with van der Waals surface area (Å²) in [5.74, 6) is -0.990. The molecule has 0 bridgehead atoms. The van der Waals surface area contributed by atoms with Crippen molar-refractivity contribution in [2.45, 2.75) is 49.3 Å². The van der Waals surface area contributed by atoms with Crippen LogP contribution in [0.3, 0.4) is 0 Å². The molecule has 7 nitrogen and oxygen atoms in total. The van der Waals surface area contributed by atoms with Crippen molar-refractivity contribution in [2.75, 3.05) is 0 Å². The quantitative estimate of drug-likeness (QED) is 0.508. The second-order valence-corrected chi connectivity index (χ2v) is 9.74. The van der Waals surface area contributed by atoms with Crippen LogP contribution in [0.1, 0.15) is 42.1 Å². The van der Waals surface area contributed by atoms with Gasteiger partial charge in [0.1, 0.15) is 0 Å². The summed E-state index contributed by atoms with van der Waals surface area (Å²) in [5.41, 5.74) is 0.794. The van der Waals surface area contributed by atoms with Crippen molar-refractivity contribution in [2.24, 2.45) is 0 Å². The van der Waals surface area contributed by atoms with E-state index >= 15 is 0 Å². The van der Waals surface area contributed by atoms with Gasteiger partial charge in [-0.2, -0.15) is 18.3 Å². The van der Waals surface area contributed by atoms with Gasteiger partial charge in [-0.25, -0.2) is 13.1 Å². The van der Waals surface area contributed by atoms with E-state index in [2.05, 4.69) is 9.82 Å². The van der Waals surface area contributed by atoms with Crippen molar-refractivity contribution in [3.63, 3.8) is 0 Å². The molecular weight excluding hydrogens is 471 g/mol. The SMILES string of the molecule is O=C(O)CCn1ncc2c1CCCC2NS(=O)(=O)c1ccc(-c2ccccc2)cc1C(F)(F)F. The standard InChI is InChI=1S/C23H22F3N3O4S/c24-23(25,26)18-13-16(15-5-2-1-3-6-15)9-10-21(18)34(32,33)28-19-7-4-8-20-17(19)14-27-29(20)12-11-22(30)31/h1-3,5-6,9-10,13-14,19,28H,4,7-8,11-12H2,(H,30,31). The maximum Gasteiger partial charge on any atom is 0.417 e. The lowest BCUT2D eigenvalue weighted by molar-refractivity contribution is -0.140. The van der Waals surface area contributed by atoms with Crippen LogP contribution < -0.4 is 4.72 Å². The highest BCUT2D eigenvalue weighted by Crippen LogP contribution is 2.38. The molecule has 1 aliphatic carbocycles. The summed E-state index contributed by atoms with van der Waals surface area (Å²) >= 11 is 0. The molecule has 0 amide bonds. The van der Waals surface area contributed by atoms with Crippen LogP contribution in [0.5, 0.6) is 0 Å². The normalized spacial score (nSPS) is 16.3. The summed E-state index contributed by atoms with van der Waals surface area (Å²) in [4.78, 5) is 10.0. The third-order valence-electron chi connectivity index (χ3n) is 5.78. The molecule has 3 aromatic rings. The number of carboxylic acids is 1. The molecule has 11 heteroatoms. The van der Waals surface area contributed by atoms with E-state index in [-0.39, 0.29) is 18.5 Å². The van der Waals surface area contributed by atoms with Crippen LogP contribution in [0.4, 0.5) is 13.2 Å². The number of aromatic nitrogens is 2. The van der Waals surface area contributed by atoms with E-state index in [1.807, 2.05) is 0 Å². The summed E-state index contributed by atoms with van der Waals surface area (Å²) < 4.78 is 71.9. The average Bonchev–Trinajstić information content (AvgIpc) is 3.21. The number of carbonyl (C=O) groups is 1. The predicted molar refractivity (Wildman–Crippen MR) is 117 cm³/mol. The molecule has 1 heterocycles. The molecule has 0 aliphatic heterocycles. The molecule has 0 radical (unpaired) electrons. The van der Waals surface area contributed by atoms with Gasteiger partial charge < -0.3 is 5.11 Å². The number of nitrogens with zero attached hydrogens (tertiary/aromatic N) is 2. The van der Waals surface area contributed by atoms with Crippen LogP contribution in [0.25, 0.3) is 11.1 Å². The molecule has 0 spiro atoms. The molecular formula is C23H22F3N3O4S. The summed E-state index contributed by atoms with van der Waals surface area (Å²) in [6, 6.07) is 10.8. The van der Waals surface area contributed by atoms with Crippen LogP contribution in [0.2, 0.25) is 0 Å². The van der Waals surface area contributed by atoms with E-state index in [0.29, 0.717) is 36.1 Å². The zero-order chi connectivity index (χ0) is 24.5. The van der Waals surface area contributed by atoms with Crippen LogP contribution >= 0.6 is 0 Å². The zero-order valence-corrected chi connectivity index (χ0v) is 18.7. The van der Waals surface area contributed by atoms with Crippen molar-refractivity contribution < 1.29 is 31.5 Å². The smallest absolute Gasteiger partial charge is 0.417 e. The van der Waals surface area contributed by atoms with Crippen molar-refractivity contribution in [3.05, 3.63) is 71.5 Å². The second kappa shape index (κ2) is 9.22. The van der Waals surface area contributed by atoms with Crippen molar-refractivity contribution >= 4 is 16.0 Å². The first-order valence-corrected chi connectivity index (χ1v) is 12.1. The van der Waals surface area contributed by atoms with Gasteiger partial charge in [0.15, 0.2) is 0 Å². The fourth-order valence-electron chi connectivity index (χ4n) is 4.18. The number of carboxylic acid groups (broad SMARTS) is 1. The molecule has 1 atom stereocenters. The lowest BCUT2D eigenvalue weighted by Crippen LogP contribution is -2.32. The van der Waals surface area contributed by atoms with E-state index in [1.165, 1.54) is 16.9 Å². The van der Waals surface area contributed by atoms with Gasteiger partial charge in [0.2, 0.25) is 10.0 Å². The fourth-order valence-corrected chi connectivity index (χ4v) is 5.64. The zero-order valence-electron chi connectivity index (χ0n) is 17.9. The fraction of sp³-hybridized carbons (Fsp3) is 0.304. The van der Waals surface area contributed by atoms with E-state index in [4.69, 9.17) is 5.11 Å². The number of hydrogen-bond acceptors (Lipinski definition) is 4. The summed E-state index contributed by atoms with van der Waals surface area (Å²) in [7, 11) is -4.53. The summed E-state index contributed by atoms with van der Waals surface area (Å²) in [5, 5.41) is 13.1. The van der Waals surface area contributed by atoms with E-state index < -0.39 is 38.7 Å². The molecule has 0 saturated carbocycles. The van der Waals surface area contributed by atoms with Crippen LogP contribution in [0, 0.1) is 0 Å². The highest BCUT2D eigenvalue weighted by atomic mass is 32.2. The van der Waals surface area contributed by atoms with Crippen molar-refractivity contribution in [1.29, 1.82) is 0 Å². The Bertz CT molecular complexity index is 1300. The van der Waals surface area contributed by atoms with Crippen LogP contribution in [-0.4, -0.2) is 29.3 Å². The van der Waals surface area contributed by atoms with Crippen LogP contribution in [0.15, 0.2) is 59.6 Å². The Morgan fingerprint density at radius 1 is 1.15 bits per heavy atom. The van der Waals surface area contributed by atoms with Crippen molar-refractivity contribution in [1.82, 2.24) is 14.5 Å². The van der Waals surface area contributed by atoms with Gasteiger partial charge in [-0.05, 0) is 42.5 Å². The first kappa shape index (κ1) is 24.0. The lowest BCUT2D eigenvalue weighted by Gasteiger charge is -2.25. The summed E-state index contributed by atoms with van der Waals surface area (Å²) in [6.45, 7) is 0.128. The Balaban J connectivity index is 1.66. The third kappa shape index (κ3) is 5.00. The lowest BCUT2D eigenvalue weighted by atomic mass is 9.94. The number of alkyl halides is 3. The minimum absolute atomic E-state index is 0.128. The Hall–Kier alpha value is -3.18. The number of aliphatic carboxylic acids is 1. The van der Waals surface area contributed by atoms with E-state index in [9.17, 15) is 26.4 Å². The molecule has 1 unspecified atom stereocenters. The van der Waals surface area contributed by atoms with Gasteiger partial charge in [0.05, 0.1) is 35.7 Å². The number of nitrogens with one attached hydrogen (secondary N) is 1. The maximum atomic E-state index is 13.9. The van der Waals surface area contributed by atoms with Gasteiger partial charge in [0, 0.05) is 11.3 Å². The number of aryl methyl sites for hydroxylation is 1. The third-order valence-corrected chi connectivity index (χ3v) is 7.31. The first-order chi connectivity index (χ1) is 16.1. The molecule has 1 aromatic heterocycles. The Kier molecular flexibility index (Phi) is 6.50.